The van der Waals surface area contributed by atoms with Gasteiger partial charge < -0.3 is 98.7 Å². The number of nitrogens with zero attached hydrogens (tertiary/aromatic N) is 4. The molecule has 0 radical (unpaired) electrons. The van der Waals surface area contributed by atoms with E-state index < -0.39 is 143 Å². The summed E-state index contributed by atoms with van der Waals surface area (Å²) < 4.78 is 43.0. The Balaban J connectivity index is 0.000000352. The van der Waals surface area contributed by atoms with E-state index in [-0.39, 0.29) is 55.4 Å². The van der Waals surface area contributed by atoms with E-state index >= 15 is 0 Å². The number of cyclic esters (lactones) is 2. The first kappa shape index (κ1) is 72.7. The van der Waals surface area contributed by atoms with Gasteiger partial charge in [-0.1, -0.05) is 41.5 Å². The van der Waals surface area contributed by atoms with Crippen LogP contribution in [-0.2, 0) is 42.7 Å². The van der Waals surface area contributed by atoms with E-state index in [1.807, 2.05) is 96.5 Å². The lowest BCUT2D eigenvalue weighted by Crippen LogP contribution is -2.59. The van der Waals surface area contributed by atoms with Crippen molar-refractivity contribution in [2.45, 2.75) is 281 Å². The first-order chi connectivity index (χ1) is 37.5. The van der Waals surface area contributed by atoms with Crippen molar-refractivity contribution < 1.29 is 88.7 Å². The van der Waals surface area contributed by atoms with Gasteiger partial charge in [-0.05, 0) is 162 Å². The largest absolute Gasteiger partial charge is 0.459 e. The molecule has 9 N–H and O–H groups in total. The van der Waals surface area contributed by atoms with Crippen molar-refractivity contribution in [1.82, 2.24) is 19.6 Å². The Morgan fingerprint density at radius 3 is 1.38 bits per heavy atom. The summed E-state index contributed by atoms with van der Waals surface area (Å²) in [6, 6.07) is -1.36. The summed E-state index contributed by atoms with van der Waals surface area (Å²) in [4.78, 5) is 34.6. The Kier molecular flexibility index (Phi) is 25.3. The summed E-state index contributed by atoms with van der Waals surface area (Å²) in [6.07, 6.45) is -9.38. The zero-order valence-corrected chi connectivity index (χ0v) is 53.9. The molecule has 0 aromatic rings. The van der Waals surface area contributed by atoms with Gasteiger partial charge in [0.1, 0.15) is 53.7 Å². The number of ether oxygens (including phenoxy) is 7. The summed E-state index contributed by atoms with van der Waals surface area (Å²) in [7, 11) is 11.3. The van der Waals surface area contributed by atoms with Gasteiger partial charge in [-0.3, -0.25) is 9.59 Å². The van der Waals surface area contributed by atoms with Crippen LogP contribution in [0.15, 0.2) is 0 Å². The topological polar surface area (TPSA) is 294 Å². The highest BCUT2D eigenvalue weighted by Gasteiger charge is 2.64. The molecule has 5 heterocycles. The molecule has 0 aliphatic carbocycles. The van der Waals surface area contributed by atoms with Crippen molar-refractivity contribution in [3.05, 3.63) is 0 Å². The number of likely N-dealkylation sites (N-methyl/N-ethyl adjacent to an activating group) is 4. The zero-order chi connectivity index (χ0) is 62.8. The van der Waals surface area contributed by atoms with Crippen LogP contribution >= 0.6 is 0 Å². The molecular weight excluding hydrogens is 1060 g/mol. The molecule has 5 aliphatic rings. The number of fused-ring (bicyclic) bond motifs is 2. The molecule has 28 atom stereocenters. The maximum atomic E-state index is 13.5. The maximum absolute atomic E-state index is 13.5. The highest BCUT2D eigenvalue weighted by molar-refractivity contribution is 5.74. The fourth-order valence-corrected chi connectivity index (χ4v) is 14.1. The van der Waals surface area contributed by atoms with E-state index in [0.717, 1.165) is 0 Å². The molecule has 5 saturated heterocycles. The lowest BCUT2D eigenvalue weighted by Gasteiger charge is -2.46. The molecule has 5 rings (SSSR count). The van der Waals surface area contributed by atoms with Crippen molar-refractivity contribution >= 4 is 11.9 Å². The van der Waals surface area contributed by atoms with E-state index in [2.05, 4.69) is 6.92 Å². The van der Waals surface area contributed by atoms with Crippen LogP contribution in [0.1, 0.15) is 149 Å². The Morgan fingerprint density at radius 2 is 0.976 bits per heavy atom. The second kappa shape index (κ2) is 28.6. The van der Waals surface area contributed by atoms with Gasteiger partial charge in [-0.15, -0.1) is 0 Å². The molecular formula is C60H114N4O18. The van der Waals surface area contributed by atoms with E-state index in [1.54, 1.807) is 48.5 Å². The SMILES string of the molecule is CC[C@H]1OC(=O)[C@H](C)C(O)[C@H](C)[C@@H](O[C@@H]2O[C@H](C)CC(N(C)C)[C@H]2O)[C@](C)(O)C[C@@H](C)CN(C)[C@H](C)[C@@H](O)[C@]1(C)O.CC[C@H]1OC(=O)[C@H](C)C2(O)O[C@](C)(C[C@@H](C)CN(C)[C@H](C)[C@@H](O)[C@]1(C)O)[C@H](O[C@@H]1O[C@H](C)CC(N(C)C)[C@H]1O)[C@H]2C. The second-order valence-corrected chi connectivity index (χ2v) is 27.4. The predicted molar refractivity (Wildman–Crippen MR) is 308 cm³/mol. The molecule has 82 heavy (non-hydrogen) atoms. The second-order valence-electron chi connectivity index (χ2n) is 27.4. The van der Waals surface area contributed by atoms with Crippen LogP contribution < -0.4 is 0 Å². The lowest BCUT2D eigenvalue weighted by molar-refractivity contribution is -0.299. The quantitative estimate of drug-likeness (QED) is 0.158. The van der Waals surface area contributed by atoms with Crippen molar-refractivity contribution in [1.29, 1.82) is 0 Å². The van der Waals surface area contributed by atoms with Gasteiger partial charge >= 0.3 is 11.9 Å². The number of hydrogen-bond donors (Lipinski definition) is 9. The molecule has 5 fully saturated rings. The van der Waals surface area contributed by atoms with Crippen molar-refractivity contribution in [2.24, 2.45) is 35.5 Å². The molecule has 5 aliphatic heterocycles. The standard InChI is InChI=1S/C30H56N2O9.C30H58N2O9/c1-12-22-29(8,36)24(34)20(6)32(11)15-16(2)14-28(7)25(18(4)30(37,41-28)19(5)26(35)39-22)40-27-23(33)21(31(9)10)13-17(3)38-27;1-12-22-30(8,38)25(35)20(6)32(11)15-16(2)14-29(7,37)26(18(4)23(33)19(5)27(36)40-22)41-28-24(34)21(31(9)10)13-17(3)39-28/h16-25,27,33-34,36-37H,12-15H2,1-11H3;16-26,28,33-35,37-38H,12-15H2,1-11H3/t16-,17-,18-,19+,20-,21?,22-,23-,24-,25-,27+,28-,29-,30?;16-,17-,18+,19-,20-,21?,22-,23?,24-,25-,26-,28+,29-,30-/m11/s1. The number of carbonyl (C=O) groups excluding carboxylic acids is 2. The van der Waals surface area contributed by atoms with Gasteiger partial charge in [0, 0.05) is 49.1 Å². The minimum absolute atomic E-state index is 0.00284. The van der Waals surface area contributed by atoms with E-state index in [4.69, 9.17) is 33.2 Å². The minimum Gasteiger partial charge on any atom is -0.459 e. The van der Waals surface area contributed by atoms with Gasteiger partial charge in [0.05, 0.1) is 47.6 Å². The van der Waals surface area contributed by atoms with E-state index in [1.165, 1.54) is 20.8 Å². The van der Waals surface area contributed by atoms with Gasteiger partial charge in [-0.2, -0.15) is 0 Å². The van der Waals surface area contributed by atoms with Crippen LogP contribution in [0.3, 0.4) is 0 Å². The number of aliphatic hydroxyl groups is 9. The fraction of sp³-hybridized carbons (Fsp3) is 0.967. The van der Waals surface area contributed by atoms with Crippen LogP contribution in [0.4, 0.5) is 0 Å². The number of aliphatic hydroxyl groups excluding tert-OH is 5. The van der Waals surface area contributed by atoms with E-state index in [9.17, 15) is 55.5 Å². The Hall–Kier alpha value is -1.78. The maximum Gasteiger partial charge on any atom is 0.314 e. The summed E-state index contributed by atoms with van der Waals surface area (Å²) in [5.41, 5.74) is -6.03. The Bertz CT molecular complexity index is 1980. The summed E-state index contributed by atoms with van der Waals surface area (Å²) >= 11 is 0. The molecule has 482 valence electrons. The molecule has 0 aromatic carbocycles. The molecule has 0 spiro atoms. The average Bonchev–Trinajstić information content (AvgIpc) is 2.72. The van der Waals surface area contributed by atoms with Crippen molar-refractivity contribution in [3.8, 4) is 0 Å². The van der Waals surface area contributed by atoms with Gasteiger partial charge in [0.25, 0.3) is 0 Å². The molecule has 0 aromatic heterocycles. The lowest BCUT2D eigenvalue weighted by atomic mass is 9.78. The third-order valence-corrected chi connectivity index (χ3v) is 19.5. The molecule has 4 unspecified atom stereocenters. The normalized spacial score (nSPS) is 49.6. The smallest absolute Gasteiger partial charge is 0.314 e. The zero-order valence-electron chi connectivity index (χ0n) is 53.9. The highest BCUT2D eigenvalue weighted by atomic mass is 16.7. The van der Waals surface area contributed by atoms with Crippen LogP contribution in [0.25, 0.3) is 0 Å². The number of carbonyl (C=O) groups is 2. The van der Waals surface area contributed by atoms with Gasteiger partial charge in [0.15, 0.2) is 18.4 Å². The number of hydrogen-bond acceptors (Lipinski definition) is 22. The summed E-state index contributed by atoms with van der Waals surface area (Å²) in [6.45, 7) is 29.0. The Labute approximate surface area is 491 Å². The van der Waals surface area contributed by atoms with Crippen LogP contribution in [0.5, 0.6) is 0 Å². The van der Waals surface area contributed by atoms with Gasteiger partial charge in [-0.25, -0.2) is 0 Å². The Morgan fingerprint density at radius 1 is 0.585 bits per heavy atom. The van der Waals surface area contributed by atoms with Crippen molar-refractivity contribution in [3.63, 3.8) is 0 Å². The third kappa shape index (κ3) is 16.1. The molecule has 22 heteroatoms. The molecule has 0 saturated carbocycles. The van der Waals surface area contributed by atoms with E-state index in [0.29, 0.717) is 32.4 Å². The predicted octanol–water partition coefficient (Wildman–Crippen LogP) is 2.32. The summed E-state index contributed by atoms with van der Waals surface area (Å²) in [5.74, 6) is -7.21. The van der Waals surface area contributed by atoms with Crippen molar-refractivity contribution in [2.75, 3.05) is 55.4 Å². The van der Waals surface area contributed by atoms with Crippen LogP contribution in [-0.4, -0.2) is 265 Å². The molecule has 0 amide bonds. The first-order valence-corrected chi connectivity index (χ1v) is 30.3. The average molecular weight is 1180 g/mol. The van der Waals surface area contributed by atoms with Gasteiger partial charge in [0.2, 0.25) is 0 Å². The molecule has 22 nitrogen and oxygen atoms in total. The third-order valence-electron chi connectivity index (χ3n) is 19.5. The number of esters is 2. The molecule has 2 bridgehead atoms. The number of rotatable bonds is 8. The highest BCUT2D eigenvalue weighted by Crippen LogP contribution is 2.51. The fourth-order valence-electron chi connectivity index (χ4n) is 14.1. The minimum atomic E-state index is -1.96. The van der Waals surface area contributed by atoms with Crippen LogP contribution in [0.2, 0.25) is 0 Å². The summed E-state index contributed by atoms with van der Waals surface area (Å²) in [5, 5.41) is 103. The monoisotopic (exact) mass is 1180 g/mol. The van der Waals surface area contributed by atoms with Crippen LogP contribution in [0, 0.1) is 35.5 Å². The first-order valence-electron chi connectivity index (χ1n) is 30.3.